The van der Waals surface area contributed by atoms with Crippen molar-refractivity contribution in [1.29, 1.82) is 0 Å². The van der Waals surface area contributed by atoms with E-state index in [4.69, 9.17) is 0 Å². The maximum absolute atomic E-state index is 3.66. The molecule has 0 aliphatic heterocycles. The molecule has 9 heavy (non-hydrogen) atoms. The Kier molecular flexibility index (Phi) is 14.8. The molecule has 0 bridgehead atoms. The first-order valence-corrected chi connectivity index (χ1v) is 3.52. The van der Waals surface area contributed by atoms with Crippen molar-refractivity contribution < 1.29 is 17.1 Å². The van der Waals surface area contributed by atoms with Crippen LogP contribution in [0.2, 0.25) is 0 Å². The Hall–Kier alpha value is 0.259. The molecule has 0 heterocycles. The van der Waals surface area contributed by atoms with Gasteiger partial charge in [-0.3, -0.25) is 0 Å². The summed E-state index contributed by atoms with van der Waals surface area (Å²) in [5.41, 5.74) is 0. The standard InChI is InChI=1S/C8H16.Cu/c1-3-5-7-8-6-4-2;/h3H,1,4-8H2,2H3;. The van der Waals surface area contributed by atoms with Crippen LogP contribution in [0.25, 0.3) is 0 Å². The van der Waals surface area contributed by atoms with Crippen LogP contribution in [-0.4, -0.2) is 0 Å². The van der Waals surface area contributed by atoms with Crippen molar-refractivity contribution in [3.63, 3.8) is 0 Å². The summed E-state index contributed by atoms with van der Waals surface area (Å²) in [7, 11) is 0. The van der Waals surface area contributed by atoms with Gasteiger partial charge < -0.3 is 0 Å². The van der Waals surface area contributed by atoms with Gasteiger partial charge >= 0.3 is 0 Å². The van der Waals surface area contributed by atoms with Crippen LogP contribution in [-0.2, 0) is 17.1 Å². The van der Waals surface area contributed by atoms with Gasteiger partial charge in [0.2, 0.25) is 0 Å². The third-order valence-corrected chi connectivity index (χ3v) is 1.26. The SMILES string of the molecule is C=CCCCCCC.[Cu]. The van der Waals surface area contributed by atoms with E-state index in [-0.39, 0.29) is 17.1 Å². The van der Waals surface area contributed by atoms with E-state index < -0.39 is 0 Å². The molecule has 0 aromatic rings. The molecule has 59 valence electrons. The molecule has 0 aliphatic rings. The van der Waals surface area contributed by atoms with Crippen LogP contribution < -0.4 is 0 Å². The molecule has 0 amide bonds. The minimum Gasteiger partial charge on any atom is -0.103 e. The Morgan fingerprint density at radius 1 is 1.22 bits per heavy atom. The van der Waals surface area contributed by atoms with Gasteiger partial charge in [-0.15, -0.1) is 6.58 Å². The molecular formula is C8H16Cu. The first kappa shape index (κ1) is 12.0. The van der Waals surface area contributed by atoms with Gasteiger partial charge in [-0.25, -0.2) is 0 Å². The molecule has 0 atom stereocenters. The smallest absolute Gasteiger partial charge is 0 e. The Morgan fingerprint density at radius 3 is 2.33 bits per heavy atom. The fraction of sp³-hybridized carbons (Fsp3) is 0.750. The summed E-state index contributed by atoms with van der Waals surface area (Å²) in [4.78, 5) is 0. The van der Waals surface area contributed by atoms with E-state index in [1.165, 1.54) is 32.1 Å². The fourth-order valence-electron chi connectivity index (χ4n) is 0.715. The van der Waals surface area contributed by atoms with Gasteiger partial charge in [0.05, 0.1) is 0 Å². The molecule has 1 radical (unpaired) electrons. The molecular weight excluding hydrogens is 160 g/mol. The molecule has 0 nitrogen and oxygen atoms in total. The van der Waals surface area contributed by atoms with E-state index in [9.17, 15) is 0 Å². The first-order chi connectivity index (χ1) is 3.91. The zero-order chi connectivity index (χ0) is 6.24. The summed E-state index contributed by atoms with van der Waals surface area (Å²) in [6.07, 6.45) is 8.61. The zero-order valence-corrected chi connectivity index (χ0v) is 7.06. The Balaban J connectivity index is 0. The van der Waals surface area contributed by atoms with Crippen molar-refractivity contribution in [3.8, 4) is 0 Å². The van der Waals surface area contributed by atoms with Crippen LogP contribution in [0.3, 0.4) is 0 Å². The van der Waals surface area contributed by atoms with Crippen molar-refractivity contribution in [2.75, 3.05) is 0 Å². The van der Waals surface area contributed by atoms with Crippen molar-refractivity contribution in [2.45, 2.75) is 39.0 Å². The monoisotopic (exact) mass is 175 g/mol. The van der Waals surface area contributed by atoms with E-state index >= 15 is 0 Å². The normalized spacial score (nSPS) is 8.11. The number of hydrogen-bond acceptors (Lipinski definition) is 0. The topological polar surface area (TPSA) is 0 Å². The Bertz CT molecular complexity index is 50.5. The number of unbranched alkanes of at least 4 members (excludes halogenated alkanes) is 4. The van der Waals surface area contributed by atoms with Gasteiger partial charge in [-0.05, 0) is 12.8 Å². The minimum absolute atomic E-state index is 0. The van der Waals surface area contributed by atoms with Gasteiger partial charge in [0.15, 0.2) is 0 Å². The second kappa shape index (κ2) is 11.1. The van der Waals surface area contributed by atoms with Gasteiger partial charge in [0.1, 0.15) is 0 Å². The maximum Gasteiger partial charge on any atom is 0 e. The quantitative estimate of drug-likeness (QED) is 0.342. The third-order valence-electron chi connectivity index (χ3n) is 1.26. The van der Waals surface area contributed by atoms with E-state index in [1.54, 1.807) is 0 Å². The fourth-order valence-corrected chi connectivity index (χ4v) is 0.715. The van der Waals surface area contributed by atoms with Gasteiger partial charge in [-0.2, -0.15) is 0 Å². The molecule has 0 rings (SSSR count). The van der Waals surface area contributed by atoms with Crippen LogP contribution in [0.4, 0.5) is 0 Å². The maximum atomic E-state index is 3.66. The summed E-state index contributed by atoms with van der Waals surface area (Å²) < 4.78 is 0. The van der Waals surface area contributed by atoms with Crippen molar-refractivity contribution in [2.24, 2.45) is 0 Å². The number of allylic oxidation sites excluding steroid dienone is 1. The molecule has 0 aliphatic carbocycles. The largest absolute Gasteiger partial charge is 0.103 e. The van der Waals surface area contributed by atoms with E-state index in [2.05, 4.69) is 13.5 Å². The summed E-state index contributed by atoms with van der Waals surface area (Å²) in [6.45, 7) is 5.89. The second-order valence-corrected chi connectivity index (χ2v) is 2.14. The summed E-state index contributed by atoms with van der Waals surface area (Å²) in [5, 5.41) is 0. The predicted molar refractivity (Wildman–Crippen MR) is 39.0 cm³/mol. The zero-order valence-electron chi connectivity index (χ0n) is 6.12. The predicted octanol–water partition coefficient (Wildman–Crippen LogP) is 3.14. The molecule has 0 saturated carbocycles. The summed E-state index contributed by atoms with van der Waals surface area (Å²) >= 11 is 0. The van der Waals surface area contributed by atoms with E-state index in [0.717, 1.165) is 0 Å². The number of rotatable bonds is 5. The Labute approximate surface area is 69.2 Å². The van der Waals surface area contributed by atoms with Crippen LogP contribution in [0.1, 0.15) is 39.0 Å². The summed E-state index contributed by atoms with van der Waals surface area (Å²) in [5.74, 6) is 0. The van der Waals surface area contributed by atoms with Gasteiger partial charge in [-0.1, -0.05) is 32.3 Å². The molecule has 0 unspecified atom stereocenters. The first-order valence-electron chi connectivity index (χ1n) is 3.52. The average Bonchev–Trinajstić information content (AvgIpc) is 1.81. The molecule has 0 aromatic carbocycles. The van der Waals surface area contributed by atoms with Gasteiger partial charge in [0.25, 0.3) is 0 Å². The van der Waals surface area contributed by atoms with Crippen molar-refractivity contribution in [3.05, 3.63) is 12.7 Å². The van der Waals surface area contributed by atoms with Crippen LogP contribution in [0.15, 0.2) is 12.7 Å². The van der Waals surface area contributed by atoms with Gasteiger partial charge in [0, 0.05) is 17.1 Å². The van der Waals surface area contributed by atoms with E-state index in [0.29, 0.717) is 0 Å². The molecule has 0 aromatic heterocycles. The van der Waals surface area contributed by atoms with Crippen LogP contribution in [0, 0.1) is 0 Å². The molecule has 0 saturated heterocycles. The van der Waals surface area contributed by atoms with Crippen LogP contribution >= 0.6 is 0 Å². The van der Waals surface area contributed by atoms with Crippen molar-refractivity contribution in [1.82, 2.24) is 0 Å². The molecule has 0 N–H and O–H groups in total. The summed E-state index contributed by atoms with van der Waals surface area (Å²) in [6, 6.07) is 0. The molecule has 0 fully saturated rings. The molecule has 1 heteroatoms. The average molecular weight is 176 g/mol. The van der Waals surface area contributed by atoms with E-state index in [1.807, 2.05) is 6.08 Å². The van der Waals surface area contributed by atoms with Crippen molar-refractivity contribution >= 4 is 0 Å². The third kappa shape index (κ3) is 11.7. The molecule has 0 spiro atoms. The second-order valence-electron chi connectivity index (χ2n) is 2.14. The number of hydrogen-bond donors (Lipinski definition) is 0. The Morgan fingerprint density at radius 2 is 1.89 bits per heavy atom. The minimum atomic E-state index is 0. The van der Waals surface area contributed by atoms with Crippen LogP contribution in [0.5, 0.6) is 0 Å².